The third-order valence-electron chi connectivity index (χ3n) is 2.34. The third-order valence-corrected chi connectivity index (χ3v) is 2.34. The summed E-state index contributed by atoms with van der Waals surface area (Å²) in [4.78, 5) is 0. The van der Waals surface area contributed by atoms with E-state index >= 15 is 0 Å². The summed E-state index contributed by atoms with van der Waals surface area (Å²) in [6.45, 7) is 9.15. The fourth-order valence-corrected chi connectivity index (χ4v) is 1.34. The maximum Gasteiger partial charge on any atom is 0.0696 e. The first-order valence-corrected chi connectivity index (χ1v) is 4.73. The maximum atomic E-state index is 5.71. The van der Waals surface area contributed by atoms with Crippen LogP contribution in [0.4, 0.5) is 0 Å². The van der Waals surface area contributed by atoms with Gasteiger partial charge in [-0.1, -0.05) is 13.8 Å². The van der Waals surface area contributed by atoms with Gasteiger partial charge < -0.3 is 5.73 Å². The van der Waals surface area contributed by atoms with Crippen LogP contribution in [0, 0.1) is 0 Å². The molecule has 0 saturated heterocycles. The maximum absolute atomic E-state index is 5.71. The summed E-state index contributed by atoms with van der Waals surface area (Å²) in [6.07, 6.45) is 1.84. The number of hydrogen-bond acceptors (Lipinski definition) is 2. The standard InChI is InChI=1S/C10H19N3/c1-8(2)9-5-6-12-13(9)10(3,4)7-11/h5-6,8H,7,11H2,1-4H3. The van der Waals surface area contributed by atoms with E-state index in [2.05, 4.69) is 38.9 Å². The third kappa shape index (κ3) is 1.91. The summed E-state index contributed by atoms with van der Waals surface area (Å²) >= 11 is 0. The van der Waals surface area contributed by atoms with Crippen molar-refractivity contribution in [2.45, 2.75) is 39.2 Å². The summed E-state index contributed by atoms with van der Waals surface area (Å²) in [6, 6.07) is 2.06. The minimum absolute atomic E-state index is 0.0803. The van der Waals surface area contributed by atoms with Crippen molar-refractivity contribution < 1.29 is 0 Å². The van der Waals surface area contributed by atoms with Crippen molar-refractivity contribution in [3.05, 3.63) is 18.0 Å². The highest BCUT2D eigenvalue weighted by Crippen LogP contribution is 2.20. The summed E-state index contributed by atoms with van der Waals surface area (Å²) < 4.78 is 2.03. The first-order chi connectivity index (χ1) is 5.99. The van der Waals surface area contributed by atoms with Gasteiger partial charge in [-0.05, 0) is 25.8 Å². The molecule has 1 rings (SSSR count). The highest BCUT2D eigenvalue weighted by molar-refractivity contribution is 5.08. The predicted octanol–water partition coefficient (Wildman–Crippen LogP) is 1.70. The lowest BCUT2D eigenvalue weighted by molar-refractivity contribution is 0.315. The lowest BCUT2D eigenvalue weighted by Gasteiger charge is -2.26. The Morgan fingerprint density at radius 1 is 1.54 bits per heavy atom. The smallest absolute Gasteiger partial charge is 0.0696 e. The quantitative estimate of drug-likeness (QED) is 0.771. The molecule has 0 aliphatic heterocycles. The second-order valence-corrected chi connectivity index (χ2v) is 4.34. The zero-order chi connectivity index (χ0) is 10.1. The SMILES string of the molecule is CC(C)c1ccnn1C(C)(C)CN. The highest BCUT2D eigenvalue weighted by Gasteiger charge is 2.22. The second kappa shape index (κ2) is 3.50. The molecule has 1 aromatic rings. The van der Waals surface area contributed by atoms with Crippen LogP contribution in [0.1, 0.15) is 39.3 Å². The molecule has 0 bridgehead atoms. The van der Waals surface area contributed by atoms with Crippen LogP contribution < -0.4 is 5.73 Å². The van der Waals surface area contributed by atoms with Gasteiger partial charge in [0.25, 0.3) is 0 Å². The first kappa shape index (κ1) is 10.3. The fourth-order valence-electron chi connectivity index (χ4n) is 1.34. The molecule has 2 N–H and O–H groups in total. The molecule has 3 nitrogen and oxygen atoms in total. The van der Waals surface area contributed by atoms with Gasteiger partial charge in [-0.15, -0.1) is 0 Å². The van der Waals surface area contributed by atoms with Crippen molar-refractivity contribution >= 4 is 0 Å². The molecule has 3 heteroatoms. The van der Waals surface area contributed by atoms with E-state index in [9.17, 15) is 0 Å². The van der Waals surface area contributed by atoms with E-state index < -0.39 is 0 Å². The minimum Gasteiger partial charge on any atom is -0.328 e. The van der Waals surface area contributed by atoms with Crippen molar-refractivity contribution in [1.29, 1.82) is 0 Å². The molecule has 0 radical (unpaired) electrons. The Balaban J connectivity index is 3.07. The molecule has 0 fully saturated rings. The Bertz CT molecular complexity index is 273. The second-order valence-electron chi connectivity index (χ2n) is 4.34. The van der Waals surface area contributed by atoms with Crippen LogP contribution in [0.15, 0.2) is 12.3 Å². The van der Waals surface area contributed by atoms with Gasteiger partial charge in [-0.25, -0.2) is 0 Å². The molecule has 0 aliphatic carbocycles. The zero-order valence-corrected chi connectivity index (χ0v) is 8.91. The van der Waals surface area contributed by atoms with Crippen LogP contribution in [0.25, 0.3) is 0 Å². The Hall–Kier alpha value is -0.830. The van der Waals surface area contributed by atoms with Crippen molar-refractivity contribution in [3.8, 4) is 0 Å². The van der Waals surface area contributed by atoms with Gasteiger partial charge in [-0.2, -0.15) is 5.10 Å². The van der Waals surface area contributed by atoms with Crippen LogP contribution in [-0.4, -0.2) is 16.3 Å². The molecule has 0 atom stereocenters. The highest BCUT2D eigenvalue weighted by atomic mass is 15.3. The van der Waals surface area contributed by atoms with Gasteiger partial charge in [0, 0.05) is 18.4 Å². The number of nitrogens with two attached hydrogens (primary N) is 1. The molecule has 13 heavy (non-hydrogen) atoms. The average Bonchev–Trinajstić information content (AvgIpc) is 2.52. The van der Waals surface area contributed by atoms with Crippen molar-refractivity contribution in [2.75, 3.05) is 6.54 Å². The Morgan fingerprint density at radius 2 is 2.15 bits per heavy atom. The number of aromatic nitrogens is 2. The van der Waals surface area contributed by atoms with Crippen LogP contribution in [0.5, 0.6) is 0 Å². The van der Waals surface area contributed by atoms with Crippen LogP contribution >= 0.6 is 0 Å². The summed E-state index contributed by atoms with van der Waals surface area (Å²) in [5.41, 5.74) is 6.87. The van der Waals surface area contributed by atoms with E-state index in [0.717, 1.165) is 0 Å². The van der Waals surface area contributed by atoms with Gasteiger partial charge in [-0.3, -0.25) is 4.68 Å². The monoisotopic (exact) mass is 181 g/mol. The van der Waals surface area contributed by atoms with Gasteiger partial charge >= 0.3 is 0 Å². The zero-order valence-electron chi connectivity index (χ0n) is 8.91. The Labute approximate surface area is 79.9 Å². The fraction of sp³-hybridized carbons (Fsp3) is 0.700. The Morgan fingerprint density at radius 3 is 2.62 bits per heavy atom. The van der Waals surface area contributed by atoms with Gasteiger partial charge in [0.15, 0.2) is 0 Å². The lowest BCUT2D eigenvalue weighted by atomic mass is 10.0. The van der Waals surface area contributed by atoms with E-state index in [1.54, 1.807) is 0 Å². The minimum atomic E-state index is -0.0803. The summed E-state index contributed by atoms with van der Waals surface area (Å²) in [5.74, 6) is 0.494. The van der Waals surface area contributed by atoms with Crippen molar-refractivity contribution in [1.82, 2.24) is 9.78 Å². The topological polar surface area (TPSA) is 43.8 Å². The molecule has 1 heterocycles. The van der Waals surface area contributed by atoms with E-state index in [1.165, 1.54) is 5.69 Å². The predicted molar refractivity (Wildman–Crippen MR) is 54.7 cm³/mol. The molecule has 0 aliphatic rings. The van der Waals surface area contributed by atoms with Gasteiger partial charge in [0.05, 0.1) is 5.54 Å². The van der Waals surface area contributed by atoms with Crippen LogP contribution in [0.3, 0.4) is 0 Å². The molecule has 1 aromatic heterocycles. The molecule has 0 aromatic carbocycles. The van der Waals surface area contributed by atoms with Crippen LogP contribution in [0.2, 0.25) is 0 Å². The lowest BCUT2D eigenvalue weighted by Crippen LogP contribution is -2.37. The number of rotatable bonds is 3. The molecule has 0 spiro atoms. The summed E-state index contributed by atoms with van der Waals surface area (Å²) in [5, 5.41) is 4.32. The molecule has 74 valence electrons. The normalized spacial score (nSPS) is 12.5. The molecular weight excluding hydrogens is 162 g/mol. The molecule has 0 amide bonds. The molecular formula is C10H19N3. The van der Waals surface area contributed by atoms with Gasteiger partial charge in [0.2, 0.25) is 0 Å². The van der Waals surface area contributed by atoms with Crippen molar-refractivity contribution in [3.63, 3.8) is 0 Å². The van der Waals surface area contributed by atoms with E-state index in [4.69, 9.17) is 5.73 Å². The number of hydrogen-bond donors (Lipinski definition) is 1. The largest absolute Gasteiger partial charge is 0.328 e. The van der Waals surface area contributed by atoms with E-state index in [-0.39, 0.29) is 5.54 Å². The summed E-state index contributed by atoms with van der Waals surface area (Å²) in [7, 11) is 0. The average molecular weight is 181 g/mol. The van der Waals surface area contributed by atoms with E-state index in [0.29, 0.717) is 12.5 Å². The van der Waals surface area contributed by atoms with Crippen molar-refractivity contribution in [2.24, 2.45) is 5.73 Å². The van der Waals surface area contributed by atoms with Crippen LogP contribution in [-0.2, 0) is 5.54 Å². The van der Waals surface area contributed by atoms with Gasteiger partial charge in [0.1, 0.15) is 0 Å². The number of nitrogens with zero attached hydrogens (tertiary/aromatic N) is 2. The first-order valence-electron chi connectivity index (χ1n) is 4.73. The molecule has 0 unspecified atom stereocenters. The molecule has 0 saturated carbocycles. The Kier molecular flexibility index (Phi) is 2.76. The van der Waals surface area contributed by atoms with E-state index in [1.807, 2.05) is 10.9 Å².